The number of nitrogens with zero attached hydrogens (tertiary/aromatic N) is 17. The van der Waals surface area contributed by atoms with Crippen LogP contribution in [-0.2, 0) is 0 Å². The Balaban J connectivity index is 0.0000000954. The van der Waals surface area contributed by atoms with Crippen molar-refractivity contribution in [3.63, 3.8) is 0 Å². The number of rotatable bonds is 16. The molecule has 0 unspecified atom stereocenters. The number of hydrogen-bond donors (Lipinski definition) is 9. The van der Waals surface area contributed by atoms with Crippen LogP contribution >= 0.6 is 45.3 Å². The summed E-state index contributed by atoms with van der Waals surface area (Å²) in [6, 6.07) is 82.8. The molecule has 0 atom stereocenters. The lowest BCUT2D eigenvalue weighted by Gasteiger charge is -2.11. The molecule has 0 amide bonds. The lowest BCUT2D eigenvalue weighted by atomic mass is 10.1. The number of fused-ring (bicyclic) bond motifs is 10. The van der Waals surface area contributed by atoms with Crippen molar-refractivity contribution < 1.29 is 0 Å². The lowest BCUT2D eigenvalue weighted by Crippen LogP contribution is -1.99. The van der Waals surface area contributed by atoms with E-state index < -0.39 is 0 Å². The zero-order chi connectivity index (χ0) is 86.5. The standard InChI is InChI=1S/C23H17N5S.C20H13N5S.C20H15N5.C19H14N6.C18H11N5S2/c1-3-15(13-24-9-1)19-12-20-17(4-2-10-25-20)22(27-19)26-16-7-8-18-21(11-16)29-23(28-18)14-5-6-14;1-2-6-17-15(5-1)19(25-20(24-17)18-11-21-12-26-18)23-14-7-8-16-13(10-14)4-3-9-22-16;1-2-4-18-16(3-1)20(25-19(24-18)14-7-9-21-12-14)23-15-5-6-17-13(11-15)8-10-22-17;1-2-4-17-15(3-1)19(24-18(23-17)12-7-8-20-10-12)22-14-5-6-16-13(9-14)11-21-25-16;1-2-4-13-12(3-1)17(23-18(22-13)16-8-19-9-24-16)21-11-5-6-14-15(7-11)25-10-20-14/h1-4,7-14H,5-6H2,(H,26,27);1-12H,(H,23,24,25);1-12,21-22H,(H,23,24,25);1-11,20H,(H,21,25)(H,22,23,24);1-10H,(H,21,22,23). The van der Waals surface area contributed by atoms with Crippen molar-refractivity contribution in [2.75, 3.05) is 26.6 Å². The van der Waals surface area contributed by atoms with E-state index in [1.165, 1.54) is 45.2 Å². The number of H-pyrrole nitrogens is 4. The number of para-hydroxylation sites is 4. The molecule has 624 valence electrons. The van der Waals surface area contributed by atoms with Gasteiger partial charge < -0.3 is 41.5 Å². The smallest absolute Gasteiger partial charge is 0.173 e. The van der Waals surface area contributed by atoms with Gasteiger partial charge in [0.1, 0.15) is 29.1 Å². The second kappa shape index (κ2) is 35.6. The van der Waals surface area contributed by atoms with Crippen molar-refractivity contribution in [1.82, 2.24) is 105 Å². The number of aromatic nitrogens is 21. The zero-order valence-corrected chi connectivity index (χ0v) is 71.8. The largest absolute Gasteiger partial charge is 0.367 e. The molecule has 16 aromatic heterocycles. The summed E-state index contributed by atoms with van der Waals surface area (Å²) >= 11 is 6.49. The van der Waals surface area contributed by atoms with E-state index in [-0.39, 0.29) is 0 Å². The Morgan fingerprint density at radius 2 is 0.800 bits per heavy atom. The van der Waals surface area contributed by atoms with Gasteiger partial charge in [-0.3, -0.25) is 30.0 Å². The number of pyridine rings is 4. The highest BCUT2D eigenvalue weighted by atomic mass is 32.1. The highest BCUT2D eigenvalue weighted by Crippen LogP contribution is 2.44. The first-order chi connectivity index (χ1) is 64.3. The fourth-order valence-electron chi connectivity index (χ4n) is 15.0. The van der Waals surface area contributed by atoms with E-state index in [4.69, 9.17) is 29.9 Å². The topological polar surface area (TPSA) is 342 Å². The molecule has 0 bridgehead atoms. The van der Waals surface area contributed by atoms with E-state index in [0.717, 1.165) is 193 Å². The summed E-state index contributed by atoms with van der Waals surface area (Å²) < 4.78 is 2.36. The van der Waals surface area contributed by atoms with Crippen molar-refractivity contribution in [2.45, 2.75) is 18.8 Å². The van der Waals surface area contributed by atoms with Gasteiger partial charge in [-0.05, 0) is 207 Å². The predicted octanol–water partition coefficient (Wildman–Crippen LogP) is 25.2. The summed E-state index contributed by atoms with van der Waals surface area (Å²) in [5.74, 6) is 7.37. The molecule has 0 saturated heterocycles. The molecule has 1 fully saturated rings. The summed E-state index contributed by atoms with van der Waals surface area (Å²) in [6.45, 7) is 0. The van der Waals surface area contributed by atoms with Crippen LogP contribution in [0.25, 0.3) is 163 Å². The van der Waals surface area contributed by atoms with E-state index in [1.807, 2.05) is 255 Å². The maximum atomic E-state index is 4.89. The van der Waals surface area contributed by atoms with Crippen LogP contribution in [-0.4, -0.2) is 105 Å². The van der Waals surface area contributed by atoms with Crippen LogP contribution in [0.2, 0.25) is 0 Å². The van der Waals surface area contributed by atoms with Gasteiger partial charge in [0, 0.05) is 168 Å². The monoisotopic (exact) mass is 1760 g/mol. The molecule has 1 saturated carbocycles. The summed E-state index contributed by atoms with van der Waals surface area (Å²) in [7, 11) is 0. The number of anilines is 10. The first-order valence-electron chi connectivity index (χ1n) is 41.5. The van der Waals surface area contributed by atoms with Gasteiger partial charge in [0.2, 0.25) is 0 Å². The van der Waals surface area contributed by atoms with Crippen molar-refractivity contribution in [3.8, 4) is 55.4 Å². The quantitative estimate of drug-likeness (QED) is 0.0434. The minimum absolute atomic E-state index is 0.677. The molecule has 0 spiro atoms. The highest BCUT2D eigenvalue weighted by Gasteiger charge is 2.27. The summed E-state index contributed by atoms with van der Waals surface area (Å²) in [5.41, 5.74) is 23.8. The molecule has 130 heavy (non-hydrogen) atoms. The summed E-state index contributed by atoms with van der Waals surface area (Å²) in [6.07, 6.45) is 24.6. The highest BCUT2D eigenvalue weighted by molar-refractivity contribution is 7.18. The minimum Gasteiger partial charge on any atom is -0.367 e. The second-order valence-corrected chi connectivity index (χ2v) is 34.0. The third-order valence-electron chi connectivity index (χ3n) is 21.6. The molecule has 0 radical (unpaired) electrons. The first-order valence-corrected chi connectivity index (χ1v) is 45.0. The molecule has 30 heteroatoms. The van der Waals surface area contributed by atoms with Crippen LogP contribution in [0.5, 0.6) is 0 Å². The molecule has 26 nitrogen and oxygen atoms in total. The van der Waals surface area contributed by atoms with Crippen LogP contribution in [0, 0.1) is 0 Å². The molecule has 16 heterocycles. The van der Waals surface area contributed by atoms with E-state index in [2.05, 4.69) is 150 Å². The Bertz CT molecular complexity index is 7900. The maximum Gasteiger partial charge on any atom is 0.173 e. The van der Waals surface area contributed by atoms with Gasteiger partial charge in [-0.1, -0.05) is 54.6 Å². The Hall–Kier alpha value is -16.9. The van der Waals surface area contributed by atoms with Crippen LogP contribution in [0.3, 0.4) is 0 Å². The van der Waals surface area contributed by atoms with Crippen molar-refractivity contribution >= 4 is 211 Å². The van der Waals surface area contributed by atoms with E-state index in [1.54, 1.807) is 58.5 Å². The number of nitrogens with one attached hydrogen (secondary N) is 9. The van der Waals surface area contributed by atoms with Gasteiger partial charge in [-0.15, -0.1) is 45.3 Å². The van der Waals surface area contributed by atoms with Crippen LogP contribution in [0.1, 0.15) is 23.8 Å². The van der Waals surface area contributed by atoms with Gasteiger partial charge in [-0.2, -0.15) is 5.10 Å². The Labute approximate surface area is 755 Å². The van der Waals surface area contributed by atoms with Crippen LogP contribution < -0.4 is 26.6 Å². The van der Waals surface area contributed by atoms with Crippen LogP contribution in [0.15, 0.2) is 340 Å². The molecular weight excluding hydrogens is 1690 g/mol. The number of hydrogen-bond acceptors (Lipinski definition) is 26. The fraction of sp³-hybridized carbons (Fsp3) is 0.0300. The third-order valence-corrected chi connectivity index (χ3v) is 25.1. The third kappa shape index (κ3) is 17.3. The van der Waals surface area contributed by atoms with E-state index in [0.29, 0.717) is 29.2 Å². The molecular formula is C100H70N26S4. The predicted molar refractivity (Wildman–Crippen MR) is 526 cm³/mol. The summed E-state index contributed by atoms with van der Waals surface area (Å²) in [4.78, 5) is 84.3. The van der Waals surface area contributed by atoms with Crippen molar-refractivity contribution in [3.05, 3.63) is 345 Å². The van der Waals surface area contributed by atoms with Gasteiger partial charge in [0.25, 0.3) is 0 Å². The Morgan fingerprint density at radius 1 is 0.308 bits per heavy atom. The Morgan fingerprint density at radius 3 is 1.37 bits per heavy atom. The van der Waals surface area contributed by atoms with E-state index >= 15 is 0 Å². The van der Waals surface area contributed by atoms with Gasteiger partial charge >= 0.3 is 0 Å². The average Bonchev–Trinajstić information content (AvgIpc) is 1.46. The maximum absolute atomic E-state index is 4.89. The molecule has 26 rings (SSSR count). The second-order valence-electron chi connectivity index (χ2n) is 30.3. The van der Waals surface area contributed by atoms with Gasteiger partial charge in [0.05, 0.1) is 102 Å². The molecule has 1 aliphatic rings. The fourth-order valence-corrected chi connectivity index (χ4v) is 18.0. The molecule has 9 N–H and O–H groups in total. The van der Waals surface area contributed by atoms with Gasteiger partial charge in [-0.25, -0.2) is 54.8 Å². The lowest BCUT2D eigenvalue weighted by molar-refractivity contribution is 1.10. The normalized spacial score (nSPS) is 11.8. The molecule has 1 aliphatic carbocycles. The van der Waals surface area contributed by atoms with E-state index in [9.17, 15) is 0 Å². The van der Waals surface area contributed by atoms with Gasteiger partial charge in [0.15, 0.2) is 23.3 Å². The summed E-state index contributed by atoms with van der Waals surface area (Å²) in [5, 5.41) is 33.8. The SMILES string of the molecule is c1ccc2c(Nc3ccc4[nH]ccc4c3)nc(-c3cc[nH]c3)nc2c1.c1ccc2c(Nc3ccc4[nH]ncc4c3)nc(-c3cc[nH]c3)nc2c1.c1ccc2c(Nc3ccc4ncsc4c3)nc(-c3cncs3)nc2c1.c1cnc2ccc(Nc3nc(-c4cncs4)nc4ccccc34)cc2c1.c1cncc(-c2cc3ncccc3c(Nc3ccc4nc(C5CC5)sc4c3)n2)c1. The molecule has 0 aliphatic heterocycles. The molecule has 25 aromatic rings. The zero-order valence-electron chi connectivity index (χ0n) is 68.6. The number of benzene rings is 9. The van der Waals surface area contributed by atoms with Crippen LogP contribution in [0.4, 0.5) is 57.5 Å². The average molecular weight is 1760 g/mol. The minimum atomic E-state index is 0.677. The molecule has 9 aromatic carbocycles. The van der Waals surface area contributed by atoms with Crippen molar-refractivity contribution in [1.29, 1.82) is 0 Å². The first kappa shape index (κ1) is 79.0. The number of thiazole rings is 4. The van der Waals surface area contributed by atoms with Crippen molar-refractivity contribution in [2.24, 2.45) is 0 Å². The Kier molecular flexibility index (Phi) is 21.6. The number of aromatic amines is 4.